The summed E-state index contributed by atoms with van der Waals surface area (Å²) in [5, 5.41) is 11.6. The average Bonchev–Trinajstić information content (AvgIpc) is 2.56. The third-order valence-corrected chi connectivity index (χ3v) is 3.26. The number of aliphatic hydroxyl groups excluding tert-OH is 1. The number of hydrogen-bond donors (Lipinski definition) is 2. The van der Waals surface area contributed by atoms with Crippen molar-refractivity contribution < 1.29 is 9.90 Å². The van der Waals surface area contributed by atoms with Gasteiger partial charge in [0.05, 0.1) is 11.9 Å². The van der Waals surface area contributed by atoms with Crippen molar-refractivity contribution in [2.45, 2.75) is 31.1 Å². The standard InChI is InChI=1S/C8H15NO2S/c1-6(5-10)9-8(11)7-3-2-4-12-7/h6-7,10H,2-5H2,1H3,(H,9,11)/t6-,7?/m1/s1. The Labute approximate surface area is 76.9 Å². The van der Waals surface area contributed by atoms with E-state index in [1.165, 1.54) is 0 Å². The molecule has 2 N–H and O–H groups in total. The van der Waals surface area contributed by atoms with Crippen molar-refractivity contribution in [3.63, 3.8) is 0 Å². The molecule has 0 bridgehead atoms. The topological polar surface area (TPSA) is 49.3 Å². The molecule has 1 aliphatic rings. The molecule has 0 radical (unpaired) electrons. The normalized spacial score (nSPS) is 25.3. The third kappa shape index (κ3) is 2.68. The predicted octanol–water partition coefficient (Wildman–Crippen LogP) is 0.379. The van der Waals surface area contributed by atoms with Gasteiger partial charge in [0.25, 0.3) is 0 Å². The summed E-state index contributed by atoms with van der Waals surface area (Å²) in [6.07, 6.45) is 2.12. The van der Waals surface area contributed by atoms with E-state index >= 15 is 0 Å². The Kier molecular flexibility index (Phi) is 3.88. The summed E-state index contributed by atoms with van der Waals surface area (Å²) in [7, 11) is 0. The van der Waals surface area contributed by atoms with Crippen molar-refractivity contribution in [2.75, 3.05) is 12.4 Å². The Morgan fingerprint density at radius 3 is 3.08 bits per heavy atom. The van der Waals surface area contributed by atoms with Crippen LogP contribution in [0.4, 0.5) is 0 Å². The Balaban J connectivity index is 2.27. The molecular formula is C8H15NO2S. The predicted molar refractivity (Wildman–Crippen MR) is 50.2 cm³/mol. The minimum atomic E-state index is -0.112. The van der Waals surface area contributed by atoms with E-state index in [2.05, 4.69) is 5.32 Å². The van der Waals surface area contributed by atoms with Crippen LogP contribution in [0.5, 0.6) is 0 Å². The molecule has 0 spiro atoms. The summed E-state index contributed by atoms with van der Waals surface area (Å²) in [4.78, 5) is 11.4. The molecule has 0 aromatic heterocycles. The highest BCUT2D eigenvalue weighted by Crippen LogP contribution is 2.25. The number of rotatable bonds is 3. The van der Waals surface area contributed by atoms with Gasteiger partial charge in [-0.25, -0.2) is 0 Å². The molecule has 0 aliphatic carbocycles. The molecule has 1 saturated heterocycles. The van der Waals surface area contributed by atoms with E-state index in [1.807, 2.05) is 0 Å². The van der Waals surface area contributed by atoms with Gasteiger partial charge in [-0.2, -0.15) is 0 Å². The fraction of sp³-hybridized carbons (Fsp3) is 0.875. The van der Waals surface area contributed by atoms with Crippen molar-refractivity contribution in [3.8, 4) is 0 Å². The summed E-state index contributed by atoms with van der Waals surface area (Å²) in [5.74, 6) is 1.17. The van der Waals surface area contributed by atoms with Crippen molar-refractivity contribution in [1.29, 1.82) is 0 Å². The SMILES string of the molecule is C[C@H](CO)NC(=O)C1CCCS1. The molecule has 1 heterocycles. The van der Waals surface area contributed by atoms with Gasteiger partial charge in [0.2, 0.25) is 5.91 Å². The van der Waals surface area contributed by atoms with Gasteiger partial charge in [-0.3, -0.25) is 4.79 Å². The quantitative estimate of drug-likeness (QED) is 0.675. The number of carbonyl (C=O) groups is 1. The molecule has 12 heavy (non-hydrogen) atoms. The zero-order valence-corrected chi connectivity index (χ0v) is 8.06. The van der Waals surface area contributed by atoms with Gasteiger partial charge in [0, 0.05) is 6.04 Å². The maximum absolute atomic E-state index is 11.4. The van der Waals surface area contributed by atoms with E-state index < -0.39 is 0 Å². The summed E-state index contributed by atoms with van der Waals surface area (Å²) < 4.78 is 0. The molecule has 0 aromatic rings. The molecule has 0 aromatic carbocycles. The molecule has 70 valence electrons. The Bertz CT molecular complexity index is 157. The van der Waals surface area contributed by atoms with Crippen LogP contribution in [-0.2, 0) is 4.79 Å². The number of nitrogens with one attached hydrogen (secondary N) is 1. The van der Waals surface area contributed by atoms with E-state index in [1.54, 1.807) is 18.7 Å². The first-order valence-corrected chi connectivity index (χ1v) is 5.31. The van der Waals surface area contributed by atoms with Crippen molar-refractivity contribution in [3.05, 3.63) is 0 Å². The second kappa shape index (κ2) is 4.72. The van der Waals surface area contributed by atoms with Crippen molar-refractivity contribution >= 4 is 17.7 Å². The van der Waals surface area contributed by atoms with Crippen molar-refractivity contribution in [2.24, 2.45) is 0 Å². The number of amides is 1. The lowest BCUT2D eigenvalue weighted by atomic mass is 10.2. The average molecular weight is 189 g/mol. The second-order valence-corrected chi connectivity index (χ2v) is 4.40. The van der Waals surface area contributed by atoms with Gasteiger partial charge < -0.3 is 10.4 Å². The van der Waals surface area contributed by atoms with E-state index in [4.69, 9.17) is 5.11 Å². The lowest BCUT2D eigenvalue weighted by Gasteiger charge is -2.13. The molecule has 1 rings (SSSR count). The third-order valence-electron chi connectivity index (χ3n) is 1.88. The number of carbonyl (C=O) groups excluding carboxylic acids is 1. The molecule has 1 aliphatic heterocycles. The van der Waals surface area contributed by atoms with Crippen LogP contribution in [0.3, 0.4) is 0 Å². The van der Waals surface area contributed by atoms with Crippen LogP contribution in [0.2, 0.25) is 0 Å². The van der Waals surface area contributed by atoms with Crippen molar-refractivity contribution in [1.82, 2.24) is 5.32 Å². The lowest BCUT2D eigenvalue weighted by molar-refractivity contribution is -0.121. The van der Waals surface area contributed by atoms with Crippen LogP contribution >= 0.6 is 11.8 Å². The van der Waals surface area contributed by atoms with Crippen LogP contribution in [0.25, 0.3) is 0 Å². The van der Waals surface area contributed by atoms with Gasteiger partial charge in [-0.05, 0) is 25.5 Å². The van der Waals surface area contributed by atoms with Gasteiger partial charge in [0.15, 0.2) is 0 Å². The highest BCUT2D eigenvalue weighted by molar-refractivity contribution is 8.00. The molecule has 2 atom stereocenters. The minimum absolute atomic E-state index is 0.0170. The number of aliphatic hydroxyl groups is 1. The van der Waals surface area contributed by atoms with Crippen LogP contribution in [0.15, 0.2) is 0 Å². The van der Waals surface area contributed by atoms with E-state index in [-0.39, 0.29) is 23.8 Å². The van der Waals surface area contributed by atoms with E-state index in [0.717, 1.165) is 18.6 Å². The molecule has 1 fully saturated rings. The largest absolute Gasteiger partial charge is 0.394 e. The van der Waals surface area contributed by atoms with Gasteiger partial charge in [0.1, 0.15) is 0 Å². The Morgan fingerprint density at radius 1 is 1.83 bits per heavy atom. The highest BCUT2D eigenvalue weighted by atomic mass is 32.2. The van der Waals surface area contributed by atoms with Gasteiger partial charge >= 0.3 is 0 Å². The van der Waals surface area contributed by atoms with Crippen LogP contribution in [0.1, 0.15) is 19.8 Å². The Hall–Kier alpha value is -0.220. The van der Waals surface area contributed by atoms with Gasteiger partial charge in [-0.15, -0.1) is 11.8 Å². The molecule has 4 heteroatoms. The molecule has 1 unspecified atom stereocenters. The maximum Gasteiger partial charge on any atom is 0.233 e. The van der Waals surface area contributed by atoms with Gasteiger partial charge in [-0.1, -0.05) is 0 Å². The highest BCUT2D eigenvalue weighted by Gasteiger charge is 2.23. The van der Waals surface area contributed by atoms with Crippen LogP contribution in [-0.4, -0.2) is 34.7 Å². The fourth-order valence-electron chi connectivity index (χ4n) is 1.17. The zero-order valence-electron chi connectivity index (χ0n) is 7.25. The van der Waals surface area contributed by atoms with Crippen LogP contribution in [0, 0.1) is 0 Å². The molecular weight excluding hydrogens is 174 g/mol. The minimum Gasteiger partial charge on any atom is -0.394 e. The van der Waals surface area contributed by atoms with Crippen LogP contribution < -0.4 is 5.32 Å². The summed E-state index contributed by atoms with van der Waals surface area (Å²) >= 11 is 1.71. The molecule has 1 amide bonds. The summed E-state index contributed by atoms with van der Waals surface area (Å²) in [6, 6.07) is -0.112. The van der Waals surface area contributed by atoms with E-state index in [9.17, 15) is 4.79 Å². The first kappa shape index (κ1) is 9.86. The summed E-state index contributed by atoms with van der Waals surface area (Å²) in [5.41, 5.74) is 0. The fourth-order valence-corrected chi connectivity index (χ4v) is 2.34. The second-order valence-electron chi connectivity index (χ2n) is 3.09. The monoisotopic (exact) mass is 189 g/mol. The maximum atomic E-state index is 11.4. The first-order chi connectivity index (χ1) is 5.74. The zero-order chi connectivity index (χ0) is 8.97. The lowest BCUT2D eigenvalue weighted by Crippen LogP contribution is -2.39. The smallest absolute Gasteiger partial charge is 0.233 e. The first-order valence-electron chi connectivity index (χ1n) is 4.27. The Morgan fingerprint density at radius 2 is 2.58 bits per heavy atom. The summed E-state index contributed by atoms with van der Waals surface area (Å²) in [6.45, 7) is 1.82. The number of thioether (sulfide) groups is 1. The molecule has 3 nitrogen and oxygen atoms in total. The number of hydrogen-bond acceptors (Lipinski definition) is 3. The molecule has 0 saturated carbocycles. The van der Waals surface area contributed by atoms with E-state index in [0.29, 0.717) is 0 Å².